The van der Waals surface area contributed by atoms with E-state index in [0.29, 0.717) is 20.7 Å². The molecular formula is C17H18ClN3O2S. The third-order valence-corrected chi connectivity index (χ3v) is 5.14. The molecule has 3 rings (SSSR count). The van der Waals surface area contributed by atoms with Crippen molar-refractivity contribution >= 4 is 45.6 Å². The monoisotopic (exact) mass is 363 g/mol. The molecule has 2 N–H and O–H groups in total. The van der Waals surface area contributed by atoms with E-state index in [4.69, 9.17) is 11.6 Å². The largest absolute Gasteiger partial charge is 0.325 e. The molecule has 0 aliphatic heterocycles. The Balaban J connectivity index is 1.77. The molecule has 1 aromatic carbocycles. The highest BCUT2D eigenvalue weighted by atomic mass is 35.5. The van der Waals surface area contributed by atoms with Crippen molar-refractivity contribution in [2.45, 2.75) is 32.6 Å². The van der Waals surface area contributed by atoms with Crippen LogP contribution in [0.5, 0.6) is 0 Å². The van der Waals surface area contributed by atoms with Crippen molar-refractivity contribution in [3.05, 3.63) is 39.9 Å². The van der Waals surface area contributed by atoms with Crippen LogP contribution in [-0.2, 0) is 0 Å². The lowest BCUT2D eigenvalue weighted by molar-refractivity contribution is 0.0923. The average Bonchev–Trinajstić information content (AvgIpc) is 3.20. The second kappa shape index (κ2) is 7.32. The zero-order valence-electron chi connectivity index (χ0n) is 13.3. The molecule has 1 saturated carbocycles. The first kappa shape index (κ1) is 16.9. The number of aromatic nitrogens is 1. The summed E-state index contributed by atoms with van der Waals surface area (Å²) in [5.41, 5.74) is 2.10. The van der Waals surface area contributed by atoms with Crippen LogP contribution >= 0.6 is 22.9 Å². The van der Waals surface area contributed by atoms with Gasteiger partial charge in [0.1, 0.15) is 4.34 Å². The number of nitrogens with one attached hydrogen (secondary N) is 2. The van der Waals surface area contributed by atoms with E-state index in [2.05, 4.69) is 15.6 Å². The molecule has 1 aliphatic rings. The van der Waals surface area contributed by atoms with Crippen LogP contribution in [0.4, 0.5) is 15.6 Å². The van der Waals surface area contributed by atoms with Gasteiger partial charge >= 0.3 is 6.03 Å². The first-order valence-corrected chi connectivity index (χ1v) is 9.06. The number of carbonyl (C=O) groups is 2. The number of urea groups is 1. The predicted octanol–water partition coefficient (Wildman–Crippen LogP) is 5.12. The molecule has 0 bridgehead atoms. The number of aryl methyl sites for hydroxylation is 1. The first-order chi connectivity index (χ1) is 11.5. The normalized spacial score (nSPS) is 14.6. The minimum atomic E-state index is -0.439. The van der Waals surface area contributed by atoms with Gasteiger partial charge in [-0.25, -0.2) is 9.78 Å². The Kier molecular flexibility index (Phi) is 5.16. The molecule has 2 aromatic rings. The molecule has 0 unspecified atom stereocenters. The number of carbonyl (C=O) groups excluding carboxylic acids is 2. The first-order valence-electron chi connectivity index (χ1n) is 7.87. The highest BCUT2D eigenvalue weighted by molar-refractivity contribution is 7.19. The summed E-state index contributed by atoms with van der Waals surface area (Å²) in [4.78, 5) is 28.9. The van der Waals surface area contributed by atoms with Crippen LogP contribution in [-0.4, -0.2) is 16.8 Å². The van der Waals surface area contributed by atoms with Gasteiger partial charge in [-0.2, -0.15) is 0 Å². The molecule has 1 aromatic heterocycles. The molecule has 24 heavy (non-hydrogen) atoms. The lowest BCUT2D eigenvalue weighted by Gasteiger charge is -2.14. The summed E-state index contributed by atoms with van der Waals surface area (Å²) in [5, 5.41) is 5.79. The quantitative estimate of drug-likeness (QED) is 0.740. The van der Waals surface area contributed by atoms with E-state index in [9.17, 15) is 9.59 Å². The molecule has 2 amide bonds. The summed E-state index contributed by atoms with van der Waals surface area (Å²) in [6, 6.07) is 5.05. The fourth-order valence-corrected chi connectivity index (χ4v) is 3.75. The average molecular weight is 364 g/mol. The Morgan fingerprint density at radius 1 is 1.25 bits per heavy atom. The smallest absolute Gasteiger partial charge is 0.307 e. The van der Waals surface area contributed by atoms with Crippen molar-refractivity contribution in [2.75, 3.05) is 10.6 Å². The van der Waals surface area contributed by atoms with Gasteiger partial charge in [-0.1, -0.05) is 47.4 Å². The van der Waals surface area contributed by atoms with Crippen LogP contribution in [0.3, 0.4) is 0 Å². The number of anilines is 2. The molecule has 7 heteroatoms. The Labute approximate surface area is 149 Å². The van der Waals surface area contributed by atoms with Crippen molar-refractivity contribution in [3.8, 4) is 0 Å². The molecule has 1 fully saturated rings. The van der Waals surface area contributed by atoms with Crippen molar-refractivity contribution < 1.29 is 9.59 Å². The summed E-state index contributed by atoms with van der Waals surface area (Å²) >= 11 is 6.98. The van der Waals surface area contributed by atoms with Gasteiger partial charge in [0.2, 0.25) is 0 Å². The van der Waals surface area contributed by atoms with E-state index in [0.717, 1.165) is 31.2 Å². The molecule has 0 saturated heterocycles. The predicted molar refractivity (Wildman–Crippen MR) is 97.2 cm³/mol. The van der Waals surface area contributed by atoms with Crippen molar-refractivity contribution in [1.82, 2.24) is 4.98 Å². The number of Topliss-reactive ketones (excluding diaryl/α,β-unsaturated/α-hetero) is 1. The second-order valence-corrected chi connectivity index (χ2v) is 7.61. The molecule has 1 aliphatic carbocycles. The molecule has 0 atom stereocenters. The fraction of sp³-hybridized carbons (Fsp3) is 0.353. The van der Waals surface area contributed by atoms with Crippen LogP contribution < -0.4 is 10.6 Å². The SMILES string of the molecule is Cc1ccc(NC(=O)Nc2ncc(Cl)s2)c(C(=O)C2CCCC2)c1. The Bertz CT molecular complexity index is 769. The number of benzene rings is 1. The Morgan fingerprint density at radius 3 is 2.67 bits per heavy atom. The van der Waals surface area contributed by atoms with E-state index in [1.54, 1.807) is 6.07 Å². The fourth-order valence-electron chi connectivity index (χ4n) is 2.94. The van der Waals surface area contributed by atoms with Crippen molar-refractivity contribution in [1.29, 1.82) is 0 Å². The molecule has 1 heterocycles. The molecule has 0 spiro atoms. The van der Waals surface area contributed by atoms with Crippen LogP contribution in [0, 0.1) is 12.8 Å². The van der Waals surface area contributed by atoms with Crippen molar-refractivity contribution in [2.24, 2.45) is 5.92 Å². The summed E-state index contributed by atoms with van der Waals surface area (Å²) in [5.74, 6) is 0.178. The van der Waals surface area contributed by atoms with Crippen LogP contribution in [0.2, 0.25) is 4.34 Å². The maximum atomic E-state index is 12.8. The zero-order chi connectivity index (χ0) is 17.1. The van der Waals surface area contributed by atoms with Gasteiger partial charge in [-0.3, -0.25) is 10.1 Å². The topological polar surface area (TPSA) is 71.1 Å². The summed E-state index contributed by atoms with van der Waals surface area (Å²) in [7, 11) is 0. The summed E-state index contributed by atoms with van der Waals surface area (Å²) in [6.07, 6.45) is 5.52. The standard InChI is InChI=1S/C17H18ClN3O2S/c1-10-6-7-13(12(8-10)15(22)11-4-2-3-5-11)20-16(23)21-17-19-9-14(18)24-17/h6-9,11H,2-5H2,1H3,(H2,19,20,21,23). The lowest BCUT2D eigenvalue weighted by atomic mass is 9.94. The minimum absolute atomic E-state index is 0.0631. The van der Waals surface area contributed by atoms with E-state index < -0.39 is 6.03 Å². The third-order valence-electron chi connectivity index (χ3n) is 4.11. The molecule has 0 radical (unpaired) electrons. The number of ketones is 1. The van der Waals surface area contributed by atoms with Crippen LogP contribution in [0.1, 0.15) is 41.6 Å². The second-order valence-electron chi connectivity index (χ2n) is 5.94. The summed E-state index contributed by atoms with van der Waals surface area (Å²) < 4.78 is 0.498. The highest BCUT2D eigenvalue weighted by Gasteiger charge is 2.26. The number of rotatable bonds is 4. The van der Waals surface area contributed by atoms with Gasteiger partial charge in [0.05, 0.1) is 11.9 Å². The number of thiazole rings is 1. The van der Waals surface area contributed by atoms with Gasteiger partial charge in [0, 0.05) is 11.5 Å². The van der Waals surface area contributed by atoms with Gasteiger partial charge in [-0.15, -0.1) is 0 Å². The Hall–Kier alpha value is -1.92. The lowest BCUT2D eigenvalue weighted by Crippen LogP contribution is -2.22. The summed E-state index contributed by atoms with van der Waals surface area (Å²) in [6.45, 7) is 1.94. The zero-order valence-corrected chi connectivity index (χ0v) is 14.8. The van der Waals surface area contributed by atoms with Crippen LogP contribution in [0.15, 0.2) is 24.4 Å². The number of halogens is 1. The van der Waals surface area contributed by atoms with Gasteiger partial charge in [0.25, 0.3) is 0 Å². The van der Waals surface area contributed by atoms with Gasteiger partial charge in [0.15, 0.2) is 10.9 Å². The Morgan fingerprint density at radius 2 is 2.00 bits per heavy atom. The van der Waals surface area contributed by atoms with E-state index in [1.165, 1.54) is 17.5 Å². The molecular weight excluding hydrogens is 346 g/mol. The van der Waals surface area contributed by atoms with Gasteiger partial charge in [-0.05, 0) is 31.9 Å². The minimum Gasteiger partial charge on any atom is -0.307 e. The van der Waals surface area contributed by atoms with E-state index >= 15 is 0 Å². The molecule has 5 nitrogen and oxygen atoms in total. The van der Waals surface area contributed by atoms with Crippen molar-refractivity contribution in [3.63, 3.8) is 0 Å². The molecule has 126 valence electrons. The number of hydrogen-bond donors (Lipinski definition) is 2. The van der Waals surface area contributed by atoms with E-state index in [1.807, 2.05) is 19.1 Å². The number of nitrogens with zero attached hydrogens (tertiary/aromatic N) is 1. The van der Waals surface area contributed by atoms with Gasteiger partial charge < -0.3 is 5.32 Å². The number of hydrogen-bond acceptors (Lipinski definition) is 4. The third kappa shape index (κ3) is 3.94. The highest BCUT2D eigenvalue weighted by Crippen LogP contribution is 2.31. The van der Waals surface area contributed by atoms with Crippen LogP contribution in [0.25, 0.3) is 0 Å². The number of amides is 2. The maximum absolute atomic E-state index is 12.8. The van der Waals surface area contributed by atoms with E-state index in [-0.39, 0.29) is 11.7 Å². The maximum Gasteiger partial charge on any atom is 0.325 e.